The van der Waals surface area contributed by atoms with E-state index in [1.54, 1.807) is 12.1 Å². The van der Waals surface area contributed by atoms with Crippen molar-refractivity contribution in [3.8, 4) is 12.1 Å². The van der Waals surface area contributed by atoms with E-state index in [4.69, 9.17) is 10.5 Å². The van der Waals surface area contributed by atoms with Gasteiger partial charge in [-0.2, -0.15) is 10.5 Å². The maximum absolute atomic E-state index is 8.41. The van der Waals surface area contributed by atoms with Gasteiger partial charge in [0.1, 0.15) is 0 Å². The Balaban J connectivity index is 3.54. The average Bonchev–Trinajstić information content (AvgIpc) is 2.09. The van der Waals surface area contributed by atoms with Crippen molar-refractivity contribution in [2.24, 2.45) is 0 Å². The monoisotopic (exact) mass is 154 g/mol. The van der Waals surface area contributed by atoms with Gasteiger partial charge in [-0.25, -0.2) is 0 Å². The molecule has 0 aliphatic rings. The first-order valence-electron chi connectivity index (χ1n) is 3.43. The lowest BCUT2D eigenvalue weighted by molar-refractivity contribution is 1.49. The Hall–Kier alpha value is -2.06. The molecule has 1 rings (SSSR count). The van der Waals surface area contributed by atoms with Gasteiger partial charge >= 0.3 is 0 Å². The summed E-state index contributed by atoms with van der Waals surface area (Å²) in [6.07, 6.45) is 2.84. The molecule has 0 bridgehead atoms. The lowest BCUT2D eigenvalue weighted by atomic mass is 10.2. The van der Waals surface area contributed by atoms with Crippen LogP contribution in [0.25, 0.3) is 12.2 Å². The molecule has 0 saturated heterocycles. The van der Waals surface area contributed by atoms with Crippen LogP contribution in [0.1, 0.15) is 0 Å². The predicted octanol–water partition coefficient (Wildman–Crippen LogP) is 0.295. The maximum atomic E-state index is 8.41. The van der Waals surface area contributed by atoms with Crippen molar-refractivity contribution in [1.82, 2.24) is 0 Å². The topological polar surface area (TPSA) is 47.6 Å². The molecular weight excluding hydrogens is 148 g/mol. The van der Waals surface area contributed by atoms with Crippen LogP contribution in [0.4, 0.5) is 0 Å². The summed E-state index contributed by atoms with van der Waals surface area (Å²) in [5, 5.41) is 18.4. The summed E-state index contributed by atoms with van der Waals surface area (Å²) in [5.74, 6) is 0. The minimum absolute atomic E-state index is 0.779. The molecule has 0 spiro atoms. The second kappa shape index (κ2) is 3.95. The molecule has 0 saturated carbocycles. The van der Waals surface area contributed by atoms with E-state index in [1.807, 2.05) is 24.3 Å². The molecule has 1 aromatic rings. The highest BCUT2D eigenvalue weighted by molar-refractivity contribution is 5.46. The van der Waals surface area contributed by atoms with Crippen LogP contribution in [-0.2, 0) is 0 Å². The van der Waals surface area contributed by atoms with Gasteiger partial charge in [-0.15, -0.1) is 0 Å². The Kier molecular flexibility index (Phi) is 2.65. The van der Waals surface area contributed by atoms with Crippen molar-refractivity contribution in [3.63, 3.8) is 0 Å². The molecule has 12 heavy (non-hydrogen) atoms. The zero-order chi connectivity index (χ0) is 8.81. The highest BCUT2D eigenvalue weighted by Gasteiger charge is 1.81. The number of rotatable bonds is 0. The van der Waals surface area contributed by atoms with Crippen LogP contribution in [0.2, 0.25) is 0 Å². The third-order valence-corrected chi connectivity index (χ3v) is 1.44. The van der Waals surface area contributed by atoms with E-state index in [9.17, 15) is 0 Å². The van der Waals surface area contributed by atoms with Crippen molar-refractivity contribution in [2.45, 2.75) is 0 Å². The molecule has 0 heterocycles. The summed E-state index contributed by atoms with van der Waals surface area (Å²) < 4.78 is 0. The second-order valence-corrected chi connectivity index (χ2v) is 2.18. The number of hydrogen-bond donors (Lipinski definition) is 0. The molecule has 0 amide bonds. The largest absolute Gasteiger partial charge is 0.193 e. The van der Waals surface area contributed by atoms with E-state index in [1.165, 1.54) is 12.2 Å². The van der Waals surface area contributed by atoms with Crippen LogP contribution in [-0.4, -0.2) is 0 Å². The molecular formula is C10H6N2. The lowest BCUT2D eigenvalue weighted by Gasteiger charge is -1.83. The van der Waals surface area contributed by atoms with Crippen LogP contribution >= 0.6 is 0 Å². The number of nitrogens with zero attached hydrogens (tertiary/aromatic N) is 2. The Labute approximate surface area is 70.3 Å². The smallest absolute Gasteiger partial charge is 0.0918 e. The number of hydrogen-bond acceptors (Lipinski definition) is 2. The Morgan fingerprint density at radius 1 is 0.917 bits per heavy atom. The van der Waals surface area contributed by atoms with Gasteiger partial charge in [-0.05, 0) is 10.4 Å². The van der Waals surface area contributed by atoms with Gasteiger partial charge in [0.25, 0.3) is 0 Å². The van der Waals surface area contributed by atoms with Crippen LogP contribution in [0.15, 0.2) is 24.3 Å². The molecule has 56 valence electrons. The zero-order valence-electron chi connectivity index (χ0n) is 6.36. The van der Waals surface area contributed by atoms with Gasteiger partial charge in [0.2, 0.25) is 0 Å². The SMILES string of the molecule is N#CC=c1ccccc1=CC#N. The van der Waals surface area contributed by atoms with Crippen molar-refractivity contribution in [1.29, 1.82) is 10.5 Å². The van der Waals surface area contributed by atoms with Gasteiger partial charge in [0.05, 0.1) is 12.1 Å². The molecule has 2 heteroatoms. The molecule has 0 fully saturated rings. The first-order valence-corrected chi connectivity index (χ1v) is 3.43. The fraction of sp³-hybridized carbons (Fsp3) is 0. The summed E-state index contributed by atoms with van der Waals surface area (Å²) in [6, 6.07) is 11.1. The summed E-state index contributed by atoms with van der Waals surface area (Å²) in [7, 11) is 0. The van der Waals surface area contributed by atoms with E-state index < -0.39 is 0 Å². The highest BCUT2D eigenvalue weighted by Crippen LogP contribution is 1.71. The van der Waals surface area contributed by atoms with Crippen LogP contribution in [0.3, 0.4) is 0 Å². The molecule has 0 aliphatic heterocycles. The van der Waals surface area contributed by atoms with Crippen molar-refractivity contribution >= 4 is 12.2 Å². The van der Waals surface area contributed by atoms with Crippen molar-refractivity contribution in [2.75, 3.05) is 0 Å². The Bertz CT molecular complexity index is 413. The summed E-state index contributed by atoms with van der Waals surface area (Å²) >= 11 is 0. The predicted molar refractivity (Wildman–Crippen MR) is 45.8 cm³/mol. The summed E-state index contributed by atoms with van der Waals surface area (Å²) in [6.45, 7) is 0. The zero-order valence-corrected chi connectivity index (χ0v) is 6.36. The van der Waals surface area contributed by atoms with Crippen LogP contribution in [0.5, 0.6) is 0 Å². The minimum atomic E-state index is 0.779. The fourth-order valence-electron chi connectivity index (χ4n) is 0.913. The minimum Gasteiger partial charge on any atom is -0.193 e. The summed E-state index contributed by atoms with van der Waals surface area (Å²) in [4.78, 5) is 0. The standard InChI is InChI=1S/C10H6N2/c11-7-5-9-3-1-2-4-10(9)6-8-12/h1-6H. The van der Waals surface area contributed by atoms with E-state index in [2.05, 4.69) is 0 Å². The maximum Gasteiger partial charge on any atom is 0.0918 e. The van der Waals surface area contributed by atoms with Gasteiger partial charge in [-0.1, -0.05) is 24.3 Å². The van der Waals surface area contributed by atoms with E-state index in [-0.39, 0.29) is 0 Å². The van der Waals surface area contributed by atoms with E-state index >= 15 is 0 Å². The van der Waals surface area contributed by atoms with Crippen LogP contribution in [0, 0.1) is 22.7 Å². The van der Waals surface area contributed by atoms with E-state index in [0.29, 0.717) is 0 Å². The second-order valence-electron chi connectivity index (χ2n) is 2.18. The number of benzene rings is 1. The molecule has 0 N–H and O–H groups in total. The van der Waals surface area contributed by atoms with Crippen molar-refractivity contribution < 1.29 is 0 Å². The first-order chi connectivity index (χ1) is 5.88. The van der Waals surface area contributed by atoms with Crippen molar-refractivity contribution in [3.05, 3.63) is 34.7 Å². The molecule has 0 atom stereocenters. The Morgan fingerprint density at radius 3 is 1.67 bits per heavy atom. The molecule has 0 unspecified atom stereocenters. The Morgan fingerprint density at radius 2 is 1.33 bits per heavy atom. The number of nitriles is 2. The molecule has 0 aromatic heterocycles. The summed E-state index contributed by atoms with van der Waals surface area (Å²) in [5.41, 5.74) is 0. The lowest BCUT2D eigenvalue weighted by Crippen LogP contribution is -2.22. The third-order valence-electron chi connectivity index (χ3n) is 1.44. The molecule has 2 nitrogen and oxygen atoms in total. The van der Waals surface area contributed by atoms with Gasteiger partial charge in [0.15, 0.2) is 0 Å². The van der Waals surface area contributed by atoms with Gasteiger partial charge < -0.3 is 0 Å². The highest BCUT2D eigenvalue weighted by atomic mass is 14.2. The normalized spacial score (nSPS) is 12.2. The molecule has 0 radical (unpaired) electrons. The molecule has 0 aliphatic carbocycles. The average molecular weight is 154 g/mol. The van der Waals surface area contributed by atoms with Gasteiger partial charge in [0, 0.05) is 12.2 Å². The van der Waals surface area contributed by atoms with Crippen LogP contribution < -0.4 is 10.4 Å². The fourth-order valence-corrected chi connectivity index (χ4v) is 0.913. The first kappa shape index (κ1) is 8.04. The quantitative estimate of drug-likeness (QED) is 0.539. The molecule has 1 aromatic carbocycles. The third kappa shape index (κ3) is 1.71. The van der Waals surface area contributed by atoms with Gasteiger partial charge in [-0.3, -0.25) is 0 Å². The van der Waals surface area contributed by atoms with E-state index in [0.717, 1.165) is 10.4 Å².